The maximum Gasteiger partial charge on any atom is 0.337 e. The van der Waals surface area contributed by atoms with Crippen molar-refractivity contribution in [3.63, 3.8) is 0 Å². The Hall–Kier alpha value is -3.52. The van der Waals surface area contributed by atoms with E-state index in [1.54, 1.807) is 24.3 Å². The van der Waals surface area contributed by atoms with Gasteiger partial charge in [-0.05, 0) is 61.9 Å². The third kappa shape index (κ3) is 5.59. The molecule has 7 nitrogen and oxygen atoms in total. The highest BCUT2D eigenvalue weighted by molar-refractivity contribution is 7.92. The van der Waals surface area contributed by atoms with Gasteiger partial charge in [-0.25, -0.2) is 13.2 Å². The van der Waals surface area contributed by atoms with E-state index in [9.17, 15) is 18.3 Å². The van der Waals surface area contributed by atoms with Crippen molar-refractivity contribution in [2.24, 2.45) is 0 Å². The van der Waals surface area contributed by atoms with Crippen molar-refractivity contribution in [3.8, 4) is 5.75 Å². The number of hydrogen-bond acceptors (Lipinski definition) is 5. The van der Waals surface area contributed by atoms with Crippen LogP contribution >= 0.6 is 0 Å². The van der Waals surface area contributed by atoms with E-state index >= 15 is 0 Å². The van der Waals surface area contributed by atoms with Crippen LogP contribution in [0.3, 0.4) is 0 Å². The van der Waals surface area contributed by atoms with E-state index in [2.05, 4.69) is 4.72 Å². The number of nitrogens with one attached hydrogen (secondary N) is 1. The molecule has 0 unspecified atom stereocenters. The van der Waals surface area contributed by atoms with Crippen LogP contribution in [-0.2, 0) is 16.6 Å². The molecule has 0 aromatic heterocycles. The second kappa shape index (κ2) is 10.2. The fraction of sp³-hybridized carbons (Fsp3) is 0.208. The van der Waals surface area contributed by atoms with Gasteiger partial charge in [0.1, 0.15) is 5.75 Å². The van der Waals surface area contributed by atoms with Gasteiger partial charge in [0.15, 0.2) is 0 Å². The Morgan fingerprint density at radius 2 is 1.69 bits per heavy atom. The first-order chi connectivity index (χ1) is 15.3. The molecule has 3 aromatic carbocycles. The molecular weight excluding hydrogens is 428 g/mol. The van der Waals surface area contributed by atoms with Gasteiger partial charge in [-0.15, -0.1) is 0 Å². The molecule has 0 fully saturated rings. The molecule has 0 amide bonds. The predicted molar refractivity (Wildman–Crippen MR) is 125 cm³/mol. The van der Waals surface area contributed by atoms with E-state index in [0.29, 0.717) is 31.1 Å². The summed E-state index contributed by atoms with van der Waals surface area (Å²) in [6.45, 7) is 5.39. The number of benzene rings is 3. The van der Waals surface area contributed by atoms with Crippen LogP contribution in [-0.4, -0.2) is 32.6 Å². The molecule has 8 heteroatoms. The van der Waals surface area contributed by atoms with Gasteiger partial charge in [0.05, 0.1) is 22.8 Å². The van der Waals surface area contributed by atoms with Crippen LogP contribution in [0.1, 0.15) is 29.8 Å². The Kier molecular flexibility index (Phi) is 7.37. The number of ether oxygens (including phenoxy) is 1. The first kappa shape index (κ1) is 23.1. The van der Waals surface area contributed by atoms with Gasteiger partial charge < -0.3 is 14.7 Å². The molecule has 0 saturated heterocycles. The first-order valence-electron chi connectivity index (χ1n) is 10.3. The SMILES string of the molecule is CCOc1ccc(S(=O)(=O)Nc2ccc(N(CC)Cc3ccccc3)c(C(=O)O)c2)cc1. The van der Waals surface area contributed by atoms with Crippen LogP contribution in [0.5, 0.6) is 5.75 Å². The monoisotopic (exact) mass is 454 g/mol. The summed E-state index contributed by atoms with van der Waals surface area (Å²) in [4.78, 5) is 14.0. The minimum atomic E-state index is -3.89. The minimum absolute atomic E-state index is 0.0228. The van der Waals surface area contributed by atoms with Crippen LogP contribution < -0.4 is 14.4 Å². The van der Waals surface area contributed by atoms with E-state index in [0.717, 1.165) is 5.56 Å². The second-order valence-electron chi connectivity index (χ2n) is 7.05. The number of anilines is 2. The summed E-state index contributed by atoms with van der Waals surface area (Å²) < 4.78 is 33.3. The molecule has 0 saturated carbocycles. The first-order valence-corrected chi connectivity index (χ1v) is 11.7. The normalized spacial score (nSPS) is 11.1. The van der Waals surface area contributed by atoms with Gasteiger partial charge in [0, 0.05) is 18.8 Å². The number of hydrogen-bond donors (Lipinski definition) is 2. The highest BCUT2D eigenvalue weighted by Crippen LogP contribution is 2.28. The molecule has 32 heavy (non-hydrogen) atoms. The number of carbonyl (C=O) groups is 1. The Morgan fingerprint density at radius 3 is 2.28 bits per heavy atom. The molecule has 3 rings (SSSR count). The quantitative estimate of drug-likeness (QED) is 0.464. The number of sulfonamides is 1. The number of carboxylic acids is 1. The molecule has 2 N–H and O–H groups in total. The van der Waals surface area contributed by atoms with E-state index in [-0.39, 0.29) is 16.1 Å². The van der Waals surface area contributed by atoms with Crippen molar-refractivity contribution in [2.75, 3.05) is 22.8 Å². The fourth-order valence-corrected chi connectivity index (χ4v) is 4.36. The number of rotatable bonds is 10. The third-order valence-electron chi connectivity index (χ3n) is 4.86. The van der Waals surface area contributed by atoms with Crippen LogP contribution in [0.15, 0.2) is 77.7 Å². The average molecular weight is 455 g/mol. The van der Waals surface area contributed by atoms with Crippen molar-refractivity contribution in [1.82, 2.24) is 0 Å². The molecule has 0 aliphatic carbocycles. The summed E-state index contributed by atoms with van der Waals surface area (Å²) in [6.07, 6.45) is 0. The third-order valence-corrected chi connectivity index (χ3v) is 6.26. The van der Waals surface area contributed by atoms with Gasteiger partial charge in [-0.3, -0.25) is 4.72 Å². The number of aromatic carboxylic acids is 1. The lowest BCUT2D eigenvalue weighted by Gasteiger charge is -2.25. The zero-order chi connectivity index (χ0) is 23.1. The molecule has 0 aliphatic heterocycles. The van der Waals surface area contributed by atoms with E-state index in [1.807, 2.05) is 49.1 Å². The van der Waals surface area contributed by atoms with Crippen LogP contribution in [0.2, 0.25) is 0 Å². The van der Waals surface area contributed by atoms with Crippen molar-refractivity contribution in [2.45, 2.75) is 25.3 Å². The molecule has 168 valence electrons. The van der Waals surface area contributed by atoms with Crippen molar-refractivity contribution in [3.05, 3.63) is 83.9 Å². The van der Waals surface area contributed by atoms with E-state index in [1.165, 1.54) is 18.2 Å². The lowest BCUT2D eigenvalue weighted by molar-refractivity contribution is 0.0697. The molecule has 0 bridgehead atoms. The van der Waals surface area contributed by atoms with Crippen molar-refractivity contribution >= 4 is 27.4 Å². The Balaban J connectivity index is 1.87. The standard InChI is InChI=1S/C24H26N2O5S/c1-3-26(17-18-8-6-5-7-9-18)23-15-10-19(16-22(23)24(27)28)25-32(29,30)21-13-11-20(12-14-21)31-4-2/h5-16,25H,3-4,17H2,1-2H3,(H,27,28). The Bertz CT molecular complexity index is 1160. The molecule has 3 aromatic rings. The highest BCUT2D eigenvalue weighted by atomic mass is 32.2. The summed E-state index contributed by atoms with van der Waals surface area (Å²) in [5.74, 6) is -0.560. The average Bonchev–Trinajstić information content (AvgIpc) is 2.78. The topological polar surface area (TPSA) is 95.9 Å². The van der Waals surface area contributed by atoms with Gasteiger partial charge in [-0.2, -0.15) is 0 Å². The van der Waals surface area contributed by atoms with Gasteiger partial charge in [0.25, 0.3) is 10.0 Å². The largest absolute Gasteiger partial charge is 0.494 e. The summed E-state index contributed by atoms with van der Waals surface area (Å²) in [7, 11) is -3.89. The molecule has 0 atom stereocenters. The van der Waals surface area contributed by atoms with Crippen LogP contribution in [0.25, 0.3) is 0 Å². The predicted octanol–water partition coefficient (Wildman–Crippen LogP) is 4.61. The van der Waals surface area contributed by atoms with Crippen LogP contribution in [0, 0.1) is 0 Å². The van der Waals surface area contributed by atoms with Gasteiger partial charge >= 0.3 is 5.97 Å². The Labute approximate surface area is 188 Å². The summed E-state index contributed by atoms with van der Waals surface area (Å²) in [5.41, 5.74) is 1.77. The van der Waals surface area contributed by atoms with Gasteiger partial charge in [0.2, 0.25) is 0 Å². The number of carboxylic acid groups (broad SMARTS) is 1. The molecule has 0 heterocycles. The van der Waals surface area contributed by atoms with Crippen LogP contribution in [0.4, 0.5) is 11.4 Å². The zero-order valence-corrected chi connectivity index (χ0v) is 18.8. The zero-order valence-electron chi connectivity index (χ0n) is 18.0. The summed E-state index contributed by atoms with van der Waals surface area (Å²) in [5, 5.41) is 9.78. The lowest BCUT2D eigenvalue weighted by Crippen LogP contribution is -2.24. The van der Waals surface area contributed by atoms with E-state index in [4.69, 9.17) is 4.74 Å². The molecular formula is C24H26N2O5S. The number of nitrogens with zero attached hydrogens (tertiary/aromatic N) is 1. The summed E-state index contributed by atoms with van der Waals surface area (Å²) >= 11 is 0. The Morgan fingerprint density at radius 1 is 1.00 bits per heavy atom. The van der Waals surface area contributed by atoms with Gasteiger partial charge in [-0.1, -0.05) is 30.3 Å². The second-order valence-corrected chi connectivity index (χ2v) is 8.73. The smallest absolute Gasteiger partial charge is 0.337 e. The molecule has 0 radical (unpaired) electrons. The van der Waals surface area contributed by atoms with E-state index < -0.39 is 16.0 Å². The molecule has 0 spiro atoms. The maximum atomic E-state index is 12.8. The molecule has 0 aliphatic rings. The lowest BCUT2D eigenvalue weighted by atomic mass is 10.1. The minimum Gasteiger partial charge on any atom is -0.494 e. The van der Waals surface area contributed by atoms with Crippen molar-refractivity contribution < 1.29 is 23.1 Å². The highest BCUT2D eigenvalue weighted by Gasteiger charge is 2.19. The maximum absolute atomic E-state index is 12.8. The fourth-order valence-electron chi connectivity index (χ4n) is 3.31. The summed E-state index contributed by atoms with van der Waals surface area (Å²) in [6, 6.07) is 20.3. The van der Waals surface area contributed by atoms with Crippen molar-refractivity contribution in [1.29, 1.82) is 0 Å².